The van der Waals surface area contributed by atoms with Crippen LogP contribution in [-0.2, 0) is 125 Å². The second-order valence-electron chi connectivity index (χ2n) is 34.7. The molecule has 4 aromatic rings. The fraction of sp³-hybridized carbons (Fsp3) is 0.522. The van der Waals surface area contributed by atoms with Crippen molar-refractivity contribution in [1.29, 1.82) is 5.41 Å². The number of H-pyrrole nitrogens is 1. The summed E-state index contributed by atoms with van der Waals surface area (Å²) in [6.45, 7) is 6.50. The number of aliphatic carboxylic acids is 2. The van der Waals surface area contributed by atoms with Gasteiger partial charge in [0.25, 0.3) is 0 Å². The van der Waals surface area contributed by atoms with Crippen LogP contribution < -0.4 is 119 Å². The van der Waals surface area contributed by atoms with E-state index < -0.39 is 297 Å². The van der Waals surface area contributed by atoms with Crippen molar-refractivity contribution in [2.75, 3.05) is 39.4 Å². The second kappa shape index (κ2) is 58.4. The predicted molar refractivity (Wildman–Crippen MR) is 502 cm³/mol. The number of carbonyl (C=O) groups excluding carboxylic acids is 20. The molecule has 5 rings (SSSR count). The maximum atomic E-state index is 15.1. The first-order chi connectivity index (χ1) is 66.6. The Morgan fingerprint density at radius 2 is 0.809 bits per heavy atom. The number of rotatable bonds is 61. The second-order valence-corrected chi connectivity index (χ2v) is 34.7. The van der Waals surface area contributed by atoms with Gasteiger partial charge in [0.1, 0.15) is 90.6 Å². The summed E-state index contributed by atoms with van der Waals surface area (Å²) in [7, 11) is 0. The molecule has 0 unspecified atom stereocenters. The molecule has 1 aliphatic rings. The molecule has 1 aliphatic heterocycles. The third-order valence-corrected chi connectivity index (χ3v) is 22.1. The highest BCUT2D eigenvalue weighted by Gasteiger charge is 2.42. The number of nitrogens with two attached hydrogens (primary N) is 5. The van der Waals surface area contributed by atoms with Gasteiger partial charge in [0.2, 0.25) is 118 Å². The Morgan fingerprint density at radius 1 is 0.411 bits per heavy atom. The summed E-state index contributed by atoms with van der Waals surface area (Å²) in [6.07, 6.45) is -3.72. The van der Waals surface area contributed by atoms with Crippen LogP contribution in [0.4, 0.5) is 0 Å². The molecule has 20 amide bonds. The Balaban J connectivity index is 1.31. The lowest BCUT2D eigenvalue weighted by atomic mass is 10.0. The summed E-state index contributed by atoms with van der Waals surface area (Å²) >= 11 is 0. The maximum Gasteiger partial charge on any atom is 0.305 e. The molecule has 2 heterocycles. The van der Waals surface area contributed by atoms with E-state index in [1.807, 2.05) is 0 Å². The number of aliphatic hydroxyl groups is 2. The van der Waals surface area contributed by atoms with Crippen molar-refractivity contribution in [1.82, 2.24) is 100 Å². The molecule has 51 nitrogen and oxygen atoms in total. The lowest BCUT2D eigenvalue weighted by Gasteiger charge is -2.30. The molecule has 0 aliphatic carbocycles. The standard InChI is InChI=1S/C90H131N25O26/c1-45(2)34-60(104-71(121)42-100-77(129)56(28-31-72(122)123)103-70(120)41-99-75(127)47(5)91)82(134)112-64(39-73(124)125)85(137)114-65(43-116)86(138)106-57(26-29-68(92)118)80(132)110-62(37-51-20-12-9-13-21-51)83(135)111-63(38-52-40-98-54-23-15-14-22-53(52)54)84(136)113-66(44-117)87(139)109-61(35-46(3)4)81(133)101-48(6)76(128)102-49(7)89(141)115-33-17-25-67(115)88(140)107-58(27-30-69(93)119)79(131)105-55(24-16-32-97-90(95)96)78(130)108-59(74(94)126)36-50-18-10-8-11-19-50/h8-15,18-23,40,45-49,55-67,98,116-117H,16-17,24-39,41-44,91H2,1-7H3,(H2,92,118)(H2,93,119)(H2,94,126)(H,99,127)(H,100,129)(H,101,133)(H,102,128)(H,103,120)(H,104,121)(H,105,131)(H,106,138)(H,107,140)(H,108,130)(H,109,139)(H,110,132)(H,111,135)(H,112,134)(H,113,136)(H,114,137)(H,122,123)(H,124,125)(H4,95,96,97)/t47-,48-,49-,55-,56-,57-,58-,59-,60-,61-,62-,63-,64-,65-,66-,67-/m0/s1. The summed E-state index contributed by atoms with van der Waals surface area (Å²) in [5.74, 6) is -24.8. The number of para-hydroxylation sites is 1. The number of carboxylic acids is 2. The zero-order chi connectivity index (χ0) is 105. The number of nitrogens with one attached hydrogen (secondary N) is 19. The predicted octanol–water partition coefficient (Wildman–Crippen LogP) is -8.71. The molecule has 772 valence electrons. The Hall–Kier alpha value is -15.3. The van der Waals surface area contributed by atoms with Crippen LogP contribution >= 0.6 is 0 Å². The van der Waals surface area contributed by atoms with Crippen LogP contribution in [-0.4, -0.2) is 302 Å². The molecule has 16 atom stereocenters. The molecule has 1 saturated heterocycles. The van der Waals surface area contributed by atoms with E-state index in [1.165, 1.54) is 27.0 Å². The van der Waals surface area contributed by atoms with Gasteiger partial charge in [-0.3, -0.25) is 111 Å². The Bertz CT molecular complexity index is 5080. The summed E-state index contributed by atoms with van der Waals surface area (Å²) in [6, 6.07) is -2.26. The van der Waals surface area contributed by atoms with Crippen molar-refractivity contribution in [2.45, 2.75) is 248 Å². The lowest BCUT2D eigenvalue weighted by Crippen LogP contribution is -2.62. The number of amides is 20. The molecule has 33 N–H and O–H groups in total. The number of aliphatic hydroxyl groups excluding tert-OH is 2. The van der Waals surface area contributed by atoms with E-state index in [9.17, 15) is 121 Å². The molecule has 0 bridgehead atoms. The number of fused-ring (bicyclic) bond motifs is 1. The summed E-state index contributed by atoms with van der Waals surface area (Å²) < 4.78 is 0. The average molecular weight is 1980 g/mol. The topological polar surface area (TPSA) is 834 Å². The molecule has 1 fully saturated rings. The van der Waals surface area contributed by atoms with E-state index in [-0.39, 0.29) is 89.2 Å². The van der Waals surface area contributed by atoms with E-state index in [4.69, 9.17) is 34.1 Å². The minimum absolute atomic E-state index is 0.0151. The van der Waals surface area contributed by atoms with Gasteiger partial charge in [-0.2, -0.15) is 0 Å². The third-order valence-electron chi connectivity index (χ3n) is 22.1. The Labute approximate surface area is 810 Å². The molecule has 1 aromatic heterocycles. The number of likely N-dealkylation sites (tertiary alicyclic amines) is 1. The van der Waals surface area contributed by atoms with Gasteiger partial charge in [0, 0.05) is 68.7 Å². The quantitative estimate of drug-likeness (QED) is 0.0111. The number of carboxylic acid groups (broad SMARTS) is 2. The number of guanidine groups is 1. The van der Waals surface area contributed by atoms with Gasteiger partial charge in [-0.05, 0) is 113 Å². The van der Waals surface area contributed by atoms with Gasteiger partial charge in [-0.15, -0.1) is 0 Å². The number of nitrogens with zero attached hydrogens (tertiary/aromatic N) is 1. The number of hydrogen-bond donors (Lipinski definition) is 28. The molecule has 0 radical (unpaired) electrons. The van der Waals surface area contributed by atoms with E-state index in [1.54, 1.807) is 113 Å². The minimum atomic E-state index is -2.11. The normalized spacial score (nSPS) is 15.3. The highest BCUT2D eigenvalue weighted by atomic mass is 16.4. The summed E-state index contributed by atoms with van der Waals surface area (Å²) in [4.78, 5) is 303. The number of aromatic nitrogens is 1. The summed E-state index contributed by atoms with van der Waals surface area (Å²) in [5.41, 5.74) is 29.6. The third kappa shape index (κ3) is 40.7. The zero-order valence-electron chi connectivity index (χ0n) is 79.2. The number of aromatic amines is 1. The number of hydrogen-bond acceptors (Lipinski definition) is 26. The SMILES string of the molecule is CC(C)C[C@H](NC(=O)CNC(=O)[C@H](CCC(=O)O)NC(=O)CNC(=O)[C@H](C)N)C(=O)N[C@@H](CC(=O)O)C(=O)N[C@@H](CO)C(=O)N[C@@H](CCC(N)=O)C(=O)N[C@@H](Cc1ccccc1)C(=O)N[C@@H](Cc1c[nH]c2ccccc12)C(=O)N[C@@H](CO)C(=O)N[C@@H](CC(C)C)C(=O)N[C@@H](C)C(=O)N[C@@H](C)C(=O)N1CCC[C@H]1C(=O)N[C@@H](CCC(N)=O)C(=O)N[C@@H](CCCNC(=N)N)C(=O)N[C@@H](Cc1ccccc1)C(N)=O. The number of benzene rings is 3. The molecule has 141 heavy (non-hydrogen) atoms. The van der Waals surface area contributed by atoms with Crippen LogP contribution in [0.2, 0.25) is 0 Å². The van der Waals surface area contributed by atoms with E-state index in [0.29, 0.717) is 27.6 Å². The Morgan fingerprint density at radius 3 is 1.30 bits per heavy atom. The van der Waals surface area contributed by atoms with Crippen LogP contribution in [0.3, 0.4) is 0 Å². The van der Waals surface area contributed by atoms with E-state index in [0.717, 1.165) is 4.90 Å². The Kier molecular flexibility index (Phi) is 48.1. The first kappa shape index (κ1) is 116. The molecule has 0 saturated carbocycles. The van der Waals surface area contributed by atoms with Crippen molar-refractivity contribution in [2.24, 2.45) is 40.5 Å². The van der Waals surface area contributed by atoms with Gasteiger partial charge >= 0.3 is 11.9 Å². The van der Waals surface area contributed by atoms with Crippen LogP contribution in [0.15, 0.2) is 91.1 Å². The van der Waals surface area contributed by atoms with E-state index in [2.05, 4.69) is 95.4 Å². The van der Waals surface area contributed by atoms with Gasteiger partial charge in [0.15, 0.2) is 5.96 Å². The largest absolute Gasteiger partial charge is 0.481 e. The van der Waals surface area contributed by atoms with Crippen molar-refractivity contribution < 1.29 is 126 Å². The molecular formula is C90H131N25O26. The fourth-order valence-corrected chi connectivity index (χ4v) is 14.6. The van der Waals surface area contributed by atoms with Gasteiger partial charge in [-0.25, -0.2) is 0 Å². The van der Waals surface area contributed by atoms with E-state index >= 15 is 4.79 Å². The van der Waals surface area contributed by atoms with Gasteiger partial charge in [-0.1, -0.05) is 107 Å². The maximum absolute atomic E-state index is 15.1. The first-order valence-electron chi connectivity index (χ1n) is 45.7. The average Bonchev–Trinajstić information content (AvgIpc) is 1.66. The molecule has 0 spiro atoms. The van der Waals surface area contributed by atoms with Gasteiger partial charge < -0.3 is 149 Å². The van der Waals surface area contributed by atoms with Crippen LogP contribution in [0, 0.1) is 17.2 Å². The van der Waals surface area contributed by atoms with Crippen molar-refractivity contribution >= 4 is 147 Å². The molecular weight excluding hydrogens is 1850 g/mol. The van der Waals surface area contributed by atoms with Crippen LogP contribution in [0.25, 0.3) is 10.9 Å². The van der Waals surface area contributed by atoms with Crippen molar-refractivity contribution in [3.63, 3.8) is 0 Å². The number of carbonyl (C=O) groups is 22. The first-order valence-corrected chi connectivity index (χ1v) is 45.7. The fourth-order valence-electron chi connectivity index (χ4n) is 14.6. The molecule has 51 heteroatoms. The van der Waals surface area contributed by atoms with Crippen molar-refractivity contribution in [3.05, 3.63) is 108 Å². The minimum Gasteiger partial charge on any atom is -0.481 e. The van der Waals surface area contributed by atoms with Gasteiger partial charge in [0.05, 0.1) is 38.8 Å². The van der Waals surface area contributed by atoms with Crippen LogP contribution in [0.1, 0.15) is 149 Å². The zero-order valence-corrected chi connectivity index (χ0v) is 79.2. The lowest BCUT2D eigenvalue weighted by molar-refractivity contribution is -0.142. The van der Waals surface area contributed by atoms with Crippen molar-refractivity contribution in [3.8, 4) is 0 Å². The highest BCUT2D eigenvalue weighted by Crippen LogP contribution is 2.23. The summed E-state index contributed by atoms with van der Waals surface area (Å²) in [5, 5.41) is 89.7. The molecule has 3 aromatic carbocycles. The highest BCUT2D eigenvalue weighted by molar-refractivity contribution is 6.02. The smallest absolute Gasteiger partial charge is 0.305 e. The monoisotopic (exact) mass is 1980 g/mol. The number of primary amides is 3. The van der Waals surface area contributed by atoms with Crippen LogP contribution in [0.5, 0.6) is 0 Å².